The predicted octanol–water partition coefficient (Wildman–Crippen LogP) is 1.51. The molecule has 106 valence electrons. The van der Waals surface area contributed by atoms with E-state index in [0.29, 0.717) is 17.7 Å². The van der Waals surface area contributed by atoms with E-state index in [1.165, 1.54) is 24.9 Å². The summed E-state index contributed by atoms with van der Waals surface area (Å²) in [5, 5.41) is 12.2. The number of benzene rings is 1. The Morgan fingerprint density at radius 2 is 2.20 bits per heavy atom. The van der Waals surface area contributed by atoms with E-state index in [1.54, 1.807) is 0 Å². The minimum atomic E-state index is 0.308. The molecule has 1 aromatic rings. The molecule has 0 aromatic heterocycles. The number of nitrogens with one attached hydrogen (secondary N) is 1. The molecule has 0 spiro atoms. The van der Waals surface area contributed by atoms with E-state index < -0.39 is 0 Å². The lowest BCUT2D eigenvalue weighted by molar-refractivity contribution is -0.0470. The lowest BCUT2D eigenvalue weighted by Crippen LogP contribution is -2.49. The van der Waals surface area contributed by atoms with Gasteiger partial charge >= 0.3 is 0 Å². The van der Waals surface area contributed by atoms with E-state index in [0.717, 1.165) is 26.2 Å². The standard InChI is InChI=1S/C16H21N3O/c17-8-13-3-5-14(6-4-13)9-18-10-16-11-19-7-1-2-15(19)12-20-16/h3-6,15-16,18H,1-2,7,9-12H2. The van der Waals surface area contributed by atoms with Crippen LogP contribution in [0.1, 0.15) is 24.0 Å². The summed E-state index contributed by atoms with van der Waals surface area (Å²) in [4.78, 5) is 2.57. The molecule has 0 aliphatic carbocycles. The van der Waals surface area contributed by atoms with Crippen molar-refractivity contribution in [2.45, 2.75) is 31.5 Å². The van der Waals surface area contributed by atoms with Crippen LogP contribution in [0.4, 0.5) is 0 Å². The topological polar surface area (TPSA) is 48.3 Å². The van der Waals surface area contributed by atoms with E-state index in [1.807, 2.05) is 24.3 Å². The lowest BCUT2D eigenvalue weighted by Gasteiger charge is -2.35. The highest BCUT2D eigenvalue weighted by Crippen LogP contribution is 2.22. The summed E-state index contributed by atoms with van der Waals surface area (Å²) in [6, 6.07) is 10.5. The molecule has 4 heteroatoms. The van der Waals surface area contributed by atoms with Gasteiger partial charge in [0.1, 0.15) is 0 Å². The Bertz CT molecular complexity index is 479. The van der Waals surface area contributed by atoms with Gasteiger partial charge in [0.05, 0.1) is 24.3 Å². The Morgan fingerprint density at radius 3 is 3.00 bits per heavy atom. The van der Waals surface area contributed by atoms with E-state index in [4.69, 9.17) is 10.00 Å². The Kier molecular flexibility index (Phi) is 4.31. The molecule has 0 amide bonds. The molecule has 3 rings (SSSR count). The Balaban J connectivity index is 1.42. The van der Waals surface area contributed by atoms with Gasteiger partial charge in [-0.1, -0.05) is 12.1 Å². The van der Waals surface area contributed by atoms with Crippen molar-refractivity contribution < 1.29 is 4.74 Å². The zero-order chi connectivity index (χ0) is 13.8. The third-order valence-corrected chi connectivity index (χ3v) is 4.25. The molecule has 20 heavy (non-hydrogen) atoms. The molecule has 2 aliphatic rings. The van der Waals surface area contributed by atoms with Crippen molar-refractivity contribution in [3.05, 3.63) is 35.4 Å². The van der Waals surface area contributed by atoms with Crippen molar-refractivity contribution in [2.24, 2.45) is 0 Å². The maximum atomic E-state index is 8.76. The summed E-state index contributed by atoms with van der Waals surface area (Å²) >= 11 is 0. The van der Waals surface area contributed by atoms with Crippen LogP contribution in [0, 0.1) is 11.3 Å². The molecule has 2 heterocycles. The number of hydrogen-bond donors (Lipinski definition) is 1. The van der Waals surface area contributed by atoms with Crippen LogP contribution in [-0.2, 0) is 11.3 Å². The van der Waals surface area contributed by atoms with Gasteiger partial charge in [0.2, 0.25) is 0 Å². The summed E-state index contributed by atoms with van der Waals surface area (Å²) in [5.41, 5.74) is 1.92. The van der Waals surface area contributed by atoms with E-state index in [-0.39, 0.29) is 0 Å². The number of hydrogen-bond acceptors (Lipinski definition) is 4. The van der Waals surface area contributed by atoms with Crippen LogP contribution in [0.3, 0.4) is 0 Å². The van der Waals surface area contributed by atoms with Crippen LogP contribution >= 0.6 is 0 Å². The van der Waals surface area contributed by atoms with Crippen LogP contribution in [0.25, 0.3) is 0 Å². The molecule has 2 aliphatic heterocycles. The number of ether oxygens (including phenoxy) is 1. The molecule has 0 radical (unpaired) electrons. The Morgan fingerprint density at radius 1 is 1.35 bits per heavy atom. The molecule has 2 saturated heterocycles. The van der Waals surface area contributed by atoms with Crippen molar-refractivity contribution in [3.63, 3.8) is 0 Å². The summed E-state index contributed by atoms with van der Waals surface area (Å²) in [6.45, 7) is 4.91. The second-order valence-electron chi connectivity index (χ2n) is 5.69. The zero-order valence-electron chi connectivity index (χ0n) is 11.7. The number of morpholine rings is 1. The first kappa shape index (κ1) is 13.6. The summed E-state index contributed by atoms with van der Waals surface area (Å²) in [7, 11) is 0. The number of fused-ring (bicyclic) bond motifs is 1. The Labute approximate surface area is 120 Å². The van der Waals surface area contributed by atoms with Gasteiger partial charge in [-0.3, -0.25) is 4.90 Å². The average Bonchev–Trinajstić information content (AvgIpc) is 2.95. The van der Waals surface area contributed by atoms with Crippen LogP contribution in [0.15, 0.2) is 24.3 Å². The molecule has 4 nitrogen and oxygen atoms in total. The van der Waals surface area contributed by atoms with Gasteiger partial charge in [0, 0.05) is 25.7 Å². The lowest BCUT2D eigenvalue weighted by atomic mass is 10.1. The van der Waals surface area contributed by atoms with E-state index in [2.05, 4.69) is 16.3 Å². The molecule has 0 saturated carbocycles. The predicted molar refractivity (Wildman–Crippen MR) is 77.2 cm³/mol. The van der Waals surface area contributed by atoms with Gasteiger partial charge < -0.3 is 10.1 Å². The van der Waals surface area contributed by atoms with Crippen LogP contribution < -0.4 is 5.32 Å². The molecule has 2 atom stereocenters. The SMILES string of the molecule is N#Cc1ccc(CNCC2CN3CCCC3CO2)cc1. The minimum Gasteiger partial charge on any atom is -0.374 e. The maximum Gasteiger partial charge on any atom is 0.0991 e. The second kappa shape index (κ2) is 6.36. The van der Waals surface area contributed by atoms with Crippen molar-refractivity contribution in [1.82, 2.24) is 10.2 Å². The molecular weight excluding hydrogens is 250 g/mol. The summed E-state index contributed by atoms with van der Waals surface area (Å²) in [5.74, 6) is 0. The highest BCUT2D eigenvalue weighted by molar-refractivity contribution is 5.31. The first-order valence-corrected chi connectivity index (χ1v) is 7.40. The van der Waals surface area contributed by atoms with Gasteiger partial charge in [-0.2, -0.15) is 5.26 Å². The minimum absolute atomic E-state index is 0.308. The first-order chi connectivity index (χ1) is 9.85. The fraction of sp³-hybridized carbons (Fsp3) is 0.562. The highest BCUT2D eigenvalue weighted by Gasteiger charge is 2.31. The number of nitrogens with zero attached hydrogens (tertiary/aromatic N) is 2. The normalized spacial score (nSPS) is 26.1. The molecule has 1 N–H and O–H groups in total. The Hall–Kier alpha value is -1.41. The summed E-state index contributed by atoms with van der Waals surface area (Å²) < 4.78 is 5.92. The fourth-order valence-corrected chi connectivity index (χ4v) is 3.08. The second-order valence-corrected chi connectivity index (χ2v) is 5.69. The average molecular weight is 271 g/mol. The van der Waals surface area contributed by atoms with E-state index in [9.17, 15) is 0 Å². The monoisotopic (exact) mass is 271 g/mol. The molecule has 1 aromatic carbocycles. The van der Waals surface area contributed by atoms with Crippen molar-refractivity contribution >= 4 is 0 Å². The summed E-state index contributed by atoms with van der Waals surface area (Å²) in [6.07, 6.45) is 2.92. The largest absolute Gasteiger partial charge is 0.374 e. The number of nitriles is 1. The fourth-order valence-electron chi connectivity index (χ4n) is 3.08. The third-order valence-electron chi connectivity index (χ3n) is 4.25. The van der Waals surface area contributed by atoms with Crippen molar-refractivity contribution in [1.29, 1.82) is 5.26 Å². The molecule has 2 unspecified atom stereocenters. The van der Waals surface area contributed by atoms with Crippen molar-refractivity contribution in [2.75, 3.05) is 26.2 Å². The van der Waals surface area contributed by atoms with E-state index >= 15 is 0 Å². The quantitative estimate of drug-likeness (QED) is 0.902. The maximum absolute atomic E-state index is 8.76. The van der Waals surface area contributed by atoms with Crippen LogP contribution in [-0.4, -0.2) is 43.3 Å². The van der Waals surface area contributed by atoms with Crippen LogP contribution in [0.5, 0.6) is 0 Å². The molecular formula is C16H21N3O. The first-order valence-electron chi connectivity index (χ1n) is 7.40. The molecule has 0 bridgehead atoms. The zero-order valence-corrected chi connectivity index (χ0v) is 11.7. The van der Waals surface area contributed by atoms with Crippen molar-refractivity contribution in [3.8, 4) is 6.07 Å². The smallest absolute Gasteiger partial charge is 0.0991 e. The number of rotatable bonds is 4. The van der Waals surface area contributed by atoms with Gasteiger partial charge in [-0.05, 0) is 37.1 Å². The van der Waals surface area contributed by atoms with Gasteiger partial charge in [0.25, 0.3) is 0 Å². The van der Waals surface area contributed by atoms with Crippen LogP contribution in [0.2, 0.25) is 0 Å². The molecule has 2 fully saturated rings. The van der Waals surface area contributed by atoms with Gasteiger partial charge in [-0.25, -0.2) is 0 Å². The highest BCUT2D eigenvalue weighted by atomic mass is 16.5. The van der Waals surface area contributed by atoms with Gasteiger partial charge in [0.15, 0.2) is 0 Å². The third kappa shape index (κ3) is 3.18. The van der Waals surface area contributed by atoms with Gasteiger partial charge in [-0.15, -0.1) is 0 Å².